The lowest BCUT2D eigenvalue weighted by Crippen LogP contribution is -2.09. The van der Waals surface area contributed by atoms with Gasteiger partial charge in [0.25, 0.3) is 5.69 Å². The fourth-order valence-electron chi connectivity index (χ4n) is 2.30. The molecule has 1 heterocycles. The normalized spacial score (nSPS) is 9.16. The first kappa shape index (κ1) is 35.6. The van der Waals surface area contributed by atoms with Crippen LogP contribution in [0.2, 0.25) is 0 Å². The lowest BCUT2D eigenvalue weighted by molar-refractivity contribution is -0.384. The molecule has 3 aromatic rings. The number of nitro groups is 1. The second-order valence-corrected chi connectivity index (χ2v) is 6.76. The van der Waals surface area contributed by atoms with E-state index in [4.69, 9.17) is 0 Å². The summed E-state index contributed by atoms with van der Waals surface area (Å²) in [5, 5.41) is 10.2. The van der Waals surface area contributed by atoms with Crippen LogP contribution in [0, 0.1) is 40.3 Å². The first-order valence-electron chi connectivity index (χ1n) is 9.83. The summed E-state index contributed by atoms with van der Waals surface area (Å²) >= 11 is 0. The molecule has 0 radical (unpaired) electrons. The molecule has 0 fully saturated rings. The Morgan fingerprint density at radius 1 is 0.789 bits per heavy atom. The van der Waals surface area contributed by atoms with Crippen LogP contribution in [0.15, 0.2) is 48.8 Å². The standard InChI is InChI=1S/C9H6F4O2.C8H7NO4.C6H7NO.2CH4/c1-3-5(10)7(12)9(15-4(2)14)8(13)6(3)11;1-6(10)13-8-4-2-7(3-5-8)9(11)12;1-6(8)7-4-2-3-5-7;;/h1-2H3;2-5H,1H3;2-5H,1H3;2*1H4. The second kappa shape index (κ2) is 16.2. The SMILES string of the molecule is C.C.CC(=O)Oc1c(F)c(F)c(C)c(F)c1F.CC(=O)Oc1ccc([N+](=O)[O-])cc1.CC(=O)n1cccc1. The first-order valence-corrected chi connectivity index (χ1v) is 9.83. The number of esters is 2. The highest BCUT2D eigenvalue weighted by Crippen LogP contribution is 2.29. The van der Waals surface area contributed by atoms with E-state index < -0.39 is 51.4 Å². The van der Waals surface area contributed by atoms with Crippen LogP contribution in [0.25, 0.3) is 0 Å². The molecular weight excluding hydrogens is 516 g/mol. The zero-order chi connectivity index (χ0) is 27.6. The minimum Gasteiger partial charge on any atom is -0.427 e. The maximum atomic E-state index is 13.0. The number of benzene rings is 2. The van der Waals surface area contributed by atoms with Crippen molar-refractivity contribution in [3.05, 3.63) is 87.7 Å². The molecule has 13 heteroatoms. The summed E-state index contributed by atoms with van der Waals surface area (Å²) in [5.74, 6) is -9.13. The topological polar surface area (TPSA) is 118 Å². The summed E-state index contributed by atoms with van der Waals surface area (Å²) in [6, 6.07) is 8.94. The highest BCUT2D eigenvalue weighted by Gasteiger charge is 2.25. The van der Waals surface area contributed by atoms with Crippen molar-refractivity contribution in [2.45, 2.75) is 42.5 Å². The molecule has 1 aromatic heterocycles. The smallest absolute Gasteiger partial charge is 0.308 e. The molecule has 9 nitrogen and oxygen atoms in total. The maximum absolute atomic E-state index is 13.0. The first-order chi connectivity index (χ1) is 16.8. The van der Waals surface area contributed by atoms with Crippen molar-refractivity contribution in [2.24, 2.45) is 0 Å². The molecule has 0 spiro atoms. The number of halogens is 4. The van der Waals surface area contributed by atoms with Gasteiger partial charge >= 0.3 is 11.9 Å². The number of ether oxygens (including phenoxy) is 2. The van der Waals surface area contributed by atoms with Gasteiger partial charge < -0.3 is 9.47 Å². The molecule has 2 aromatic carbocycles. The number of rotatable bonds is 3. The number of carbonyl (C=O) groups is 3. The molecule has 208 valence electrons. The Labute approximate surface area is 216 Å². The van der Waals surface area contributed by atoms with Gasteiger partial charge in [0.2, 0.25) is 23.3 Å². The zero-order valence-corrected chi connectivity index (χ0v) is 19.4. The average molecular weight is 544 g/mol. The molecule has 0 saturated carbocycles. The van der Waals surface area contributed by atoms with E-state index in [0.29, 0.717) is 5.75 Å². The number of hydrogen-bond acceptors (Lipinski definition) is 7. The van der Waals surface area contributed by atoms with Gasteiger partial charge in [-0.25, -0.2) is 8.78 Å². The monoisotopic (exact) mass is 544 g/mol. The van der Waals surface area contributed by atoms with Crippen molar-refractivity contribution in [3.63, 3.8) is 0 Å². The predicted octanol–water partition coefficient (Wildman–Crippen LogP) is 6.42. The molecular formula is C25H28F4N2O7. The molecule has 3 rings (SSSR count). The number of aromatic nitrogens is 1. The Hall–Kier alpha value is -4.55. The van der Waals surface area contributed by atoms with E-state index >= 15 is 0 Å². The third-order valence-electron chi connectivity index (χ3n) is 3.97. The van der Waals surface area contributed by atoms with Crippen LogP contribution < -0.4 is 9.47 Å². The van der Waals surface area contributed by atoms with Crippen LogP contribution in [-0.2, 0) is 9.59 Å². The lowest BCUT2D eigenvalue weighted by atomic mass is 10.2. The number of nitro benzene ring substituents is 1. The van der Waals surface area contributed by atoms with Crippen LogP contribution >= 0.6 is 0 Å². The predicted molar refractivity (Wildman–Crippen MR) is 131 cm³/mol. The minimum atomic E-state index is -1.72. The van der Waals surface area contributed by atoms with Crippen LogP contribution in [0.1, 0.15) is 46.0 Å². The number of carbonyl (C=O) groups excluding carboxylic acids is 3. The lowest BCUT2D eigenvalue weighted by Gasteiger charge is -2.08. The fraction of sp³-hybridized carbons (Fsp3) is 0.240. The average Bonchev–Trinajstić information content (AvgIpc) is 3.35. The van der Waals surface area contributed by atoms with Gasteiger partial charge in [0.05, 0.1) is 4.92 Å². The van der Waals surface area contributed by atoms with Crippen molar-refractivity contribution in [1.82, 2.24) is 4.57 Å². The highest BCUT2D eigenvalue weighted by atomic mass is 19.2. The Morgan fingerprint density at radius 3 is 1.53 bits per heavy atom. The van der Waals surface area contributed by atoms with E-state index in [-0.39, 0.29) is 26.4 Å². The van der Waals surface area contributed by atoms with Gasteiger partial charge in [0, 0.05) is 50.9 Å². The van der Waals surface area contributed by atoms with Gasteiger partial charge in [-0.15, -0.1) is 0 Å². The zero-order valence-electron chi connectivity index (χ0n) is 19.4. The quantitative estimate of drug-likeness (QED) is 0.0933. The highest BCUT2D eigenvalue weighted by molar-refractivity contribution is 5.75. The molecule has 0 bridgehead atoms. The molecule has 0 unspecified atom stereocenters. The Bertz CT molecular complexity index is 1220. The molecule has 0 aliphatic carbocycles. The van der Waals surface area contributed by atoms with E-state index in [1.807, 2.05) is 12.1 Å². The number of nitrogens with zero attached hydrogens (tertiary/aromatic N) is 2. The van der Waals surface area contributed by atoms with Crippen LogP contribution in [-0.4, -0.2) is 27.3 Å². The largest absolute Gasteiger partial charge is 0.427 e. The van der Waals surface area contributed by atoms with Crippen molar-refractivity contribution < 1.29 is 46.3 Å². The number of hydrogen-bond donors (Lipinski definition) is 0. The van der Waals surface area contributed by atoms with E-state index in [1.165, 1.54) is 42.7 Å². The summed E-state index contributed by atoms with van der Waals surface area (Å²) in [7, 11) is 0. The van der Waals surface area contributed by atoms with Crippen LogP contribution in [0.3, 0.4) is 0 Å². The molecule has 0 amide bonds. The van der Waals surface area contributed by atoms with Gasteiger partial charge in [0.1, 0.15) is 5.75 Å². The van der Waals surface area contributed by atoms with Crippen molar-refractivity contribution in [2.75, 3.05) is 0 Å². The molecule has 0 aliphatic rings. The van der Waals surface area contributed by atoms with E-state index in [0.717, 1.165) is 13.8 Å². The van der Waals surface area contributed by atoms with Crippen molar-refractivity contribution >= 4 is 23.5 Å². The van der Waals surface area contributed by atoms with Gasteiger partial charge in [-0.05, 0) is 31.2 Å². The van der Waals surface area contributed by atoms with Gasteiger partial charge in [-0.2, -0.15) is 8.78 Å². The Balaban J connectivity index is 0. The molecule has 0 atom stereocenters. The van der Waals surface area contributed by atoms with Crippen molar-refractivity contribution in [3.8, 4) is 11.5 Å². The van der Waals surface area contributed by atoms with Gasteiger partial charge in [-0.1, -0.05) is 14.9 Å². The second-order valence-electron chi connectivity index (χ2n) is 6.76. The van der Waals surface area contributed by atoms with E-state index in [9.17, 15) is 42.1 Å². The minimum absolute atomic E-state index is 0. The van der Waals surface area contributed by atoms with Gasteiger partial charge in [0.15, 0.2) is 11.6 Å². The van der Waals surface area contributed by atoms with Crippen molar-refractivity contribution in [1.29, 1.82) is 0 Å². The molecule has 0 aliphatic heterocycles. The summed E-state index contributed by atoms with van der Waals surface area (Å²) in [5.41, 5.74) is -0.836. The summed E-state index contributed by atoms with van der Waals surface area (Å²) in [4.78, 5) is 41.1. The van der Waals surface area contributed by atoms with Crippen LogP contribution in [0.5, 0.6) is 11.5 Å². The summed E-state index contributed by atoms with van der Waals surface area (Å²) in [6.07, 6.45) is 3.45. The Morgan fingerprint density at radius 2 is 1.21 bits per heavy atom. The fourth-order valence-corrected chi connectivity index (χ4v) is 2.30. The Kier molecular flexibility index (Phi) is 15.2. The van der Waals surface area contributed by atoms with Gasteiger partial charge in [-0.3, -0.25) is 29.1 Å². The third kappa shape index (κ3) is 10.6. The molecule has 0 N–H and O–H groups in total. The van der Waals surface area contributed by atoms with Crippen LogP contribution in [0.4, 0.5) is 23.2 Å². The maximum Gasteiger partial charge on any atom is 0.308 e. The summed E-state index contributed by atoms with van der Waals surface area (Å²) < 4.78 is 62.1. The third-order valence-corrected chi connectivity index (χ3v) is 3.97. The molecule has 0 saturated heterocycles. The number of non-ortho nitro benzene ring substituents is 1. The van der Waals surface area contributed by atoms with E-state index in [1.54, 1.807) is 12.4 Å². The van der Waals surface area contributed by atoms with E-state index in [2.05, 4.69) is 9.47 Å². The summed E-state index contributed by atoms with van der Waals surface area (Å²) in [6.45, 7) is 4.52. The molecule has 38 heavy (non-hydrogen) atoms.